The maximum Gasteiger partial charge on any atom is 0.274 e. The number of amides is 1. The first kappa shape index (κ1) is 19.3. The van der Waals surface area contributed by atoms with E-state index in [1.54, 1.807) is 23.3 Å². The van der Waals surface area contributed by atoms with Gasteiger partial charge in [-0.05, 0) is 19.2 Å². The first-order valence-electron chi connectivity index (χ1n) is 9.64. The van der Waals surface area contributed by atoms with Crippen LogP contribution in [-0.2, 0) is 5.41 Å². The van der Waals surface area contributed by atoms with Crippen molar-refractivity contribution in [3.05, 3.63) is 42.4 Å². The molecule has 0 bridgehead atoms. The second kappa shape index (κ2) is 7.40. The predicted molar refractivity (Wildman–Crippen MR) is 107 cm³/mol. The number of piperazine rings is 1. The van der Waals surface area contributed by atoms with E-state index < -0.39 is 0 Å². The van der Waals surface area contributed by atoms with Gasteiger partial charge in [-0.2, -0.15) is 4.98 Å². The van der Waals surface area contributed by atoms with Gasteiger partial charge in [-0.15, -0.1) is 0 Å². The summed E-state index contributed by atoms with van der Waals surface area (Å²) in [4.78, 5) is 29.9. The van der Waals surface area contributed by atoms with Gasteiger partial charge in [0.2, 0.25) is 0 Å². The van der Waals surface area contributed by atoms with Crippen molar-refractivity contribution in [3.63, 3.8) is 0 Å². The van der Waals surface area contributed by atoms with Crippen LogP contribution in [0.4, 0.5) is 0 Å². The molecule has 9 nitrogen and oxygen atoms in total. The third-order valence-electron chi connectivity index (χ3n) is 4.95. The van der Waals surface area contributed by atoms with Crippen LogP contribution < -0.4 is 0 Å². The van der Waals surface area contributed by atoms with Gasteiger partial charge in [-0.25, -0.2) is 9.97 Å². The monoisotopic (exact) mass is 395 g/mol. The number of nitrogens with zero attached hydrogens (tertiary/aromatic N) is 7. The predicted octanol–water partition coefficient (Wildman–Crippen LogP) is 2.00. The highest BCUT2D eigenvalue weighted by Crippen LogP contribution is 2.23. The molecule has 0 radical (unpaired) electrons. The fraction of sp³-hybridized carbons (Fsp3) is 0.450. The van der Waals surface area contributed by atoms with E-state index >= 15 is 0 Å². The summed E-state index contributed by atoms with van der Waals surface area (Å²) in [5, 5.41) is 4.04. The van der Waals surface area contributed by atoms with Crippen molar-refractivity contribution in [1.29, 1.82) is 0 Å². The summed E-state index contributed by atoms with van der Waals surface area (Å²) in [6.07, 6.45) is 5.00. The Bertz CT molecular complexity index is 993. The number of rotatable bonds is 3. The molecule has 1 aliphatic rings. The van der Waals surface area contributed by atoms with Gasteiger partial charge in [0.05, 0.1) is 5.56 Å². The zero-order valence-electron chi connectivity index (χ0n) is 17.2. The molecule has 1 saturated heterocycles. The molecule has 3 aromatic rings. The molecule has 1 amide bonds. The first-order chi connectivity index (χ1) is 13.8. The minimum Gasteiger partial charge on any atom is -0.335 e. The molecule has 152 valence electrons. The Morgan fingerprint density at radius 2 is 1.86 bits per heavy atom. The summed E-state index contributed by atoms with van der Waals surface area (Å²) < 4.78 is 7.10. The highest BCUT2D eigenvalue weighted by molar-refractivity contribution is 5.92. The van der Waals surface area contributed by atoms with E-state index in [4.69, 9.17) is 4.52 Å². The van der Waals surface area contributed by atoms with Crippen LogP contribution in [0.1, 0.15) is 37.1 Å². The maximum absolute atomic E-state index is 12.7. The molecule has 0 spiro atoms. The van der Waals surface area contributed by atoms with Crippen LogP contribution in [0.2, 0.25) is 0 Å². The largest absolute Gasteiger partial charge is 0.335 e. The zero-order chi connectivity index (χ0) is 20.6. The number of hydrogen-bond acceptors (Lipinski definition) is 7. The van der Waals surface area contributed by atoms with Crippen LogP contribution in [0, 0.1) is 0 Å². The van der Waals surface area contributed by atoms with Crippen LogP contribution in [0.3, 0.4) is 0 Å². The summed E-state index contributed by atoms with van der Waals surface area (Å²) in [7, 11) is 2.06. The number of aromatic nitrogens is 5. The lowest BCUT2D eigenvalue weighted by Crippen LogP contribution is -2.47. The molecule has 4 rings (SSSR count). The average molecular weight is 395 g/mol. The molecule has 1 fully saturated rings. The van der Waals surface area contributed by atoms with Gasteiger partial charge in [0.25, 0.3) is 11.8 Å². The minimum atomic E-state index is -0.182. The molecule has 0 aliphatic carbocycles. The van der Waals surface area contributed by atoms with Crippen LogP contribution in [0.25, 0.3) is 17.3 Å². The lowest BCUT2D eigenvalue weighted by molar-refractivity contribution is 0.0658. The average Bonchev–Trinajstić information content (AvgIpc) is 3.38. The summed E-state index contributed by atoms with van der Waals surface area (Å²) in [6.45, 7) is 9.28. The van der Waals surface area contributed by atoms with Gasteiger partial charge in [0.15, 0.2) is 5.82 Å². The third kappa shape index (κ3) is 4.04. The molecule has 0 saturated carbocycles. The van der Waals surface area contributed by atoms with Crippen LogP contribution >= 0.6 is 0 Å². The van der Waals surface area contributed by atoms with Gasteiger partial charge < -0.3 is 14.3 Å². The summed E-state index contributed by atoms with van der Waals surface area (Å²) >= 11 is 0. The lowest BCUT2D eigenvalue weighted by atomic mass is 9.96. The molecular weight excluding hydrogens is 370 g/mol. The topological polar surface area (TPSA) is 93.2 Å². The van der Waals surface area contributed by atoms with Gasteiger partial charge in [0, 0.05) is 44.0 Å². The number of pyridine rings is 1. The van der Waals surface area contributed by atoms with E-state index in [9.17, 15) is 4.79 Å². The van der Waals surface area contributed by atoms with E-state index in [2.05, 4.69) is 32.1 Å². The Hall–Kier alpha value is -3.07. The normalized spacial score (nSPS) is 15.7. The van der Waals surface area contributed by atoms with E-state index in [1.807, 2.05) is 37.8 Å². The van der Waals surface area contributed by atoms with E-state index in [1.165, 1.54) is 0 Å². The van der Waals surface area contributed by atoms with Crippen molar-refractivity contribution in [1.82, 2.24) is 34.5 Å². The van der Waals surface area contributed by atoms with E-state index in [0.717, 1.165) is 31.7 Å². The number of likely N-dealkylation sites (N-methyl/N-ethyl adjacent to an activating group) is 1. The van der Waals surface area contributed by atoms with E-state index in [-0.39, 0.29) is 11.3 Å². The van der Waals surface area contributed by atoms with Gasteiger partial charge in [-0.1, -0.05) is 25.9 Å². The van der Waals surface area contributed by atoms with Crippen LogP contribution in [0.5, 0.6) is 0 Å². The highest BCUT2D eigenvalue weighted by atomic mass is 16.5. The molecule has 0 atom stereocenters. The fourth-order valence-electron chi connectivity index (χ4n) is 3.04. The minimum absolute atomic E-state index is 0.0472. The van der Waals surface area contributed by atoms with Crippen molar-refractivity contribution >= 4 is 5.91 Å². The molecule has 0 unspecified atom stereocenters. The standard InChI is InChI=1S/C20H25N7O2/c1-20(2,3)19-23-17(29-24-19)14-5-6-16(21-11-14)27-12-15(22-13-27)18(28)26-9-7-25(4)8-10-26/h5-6,11-13H,7-10H2,1-4H3. The first-order valence-corrected chi connectivity index (χ1v) is 9.64. The van der Waals surface area contributed by atoms with Gasteiger partial charge in [-0.3, -0.25) is 9.36 Å². The smallest absolute Gasteiger partial charge is 0.274 e. The van der Waals surface area contributed by atoms with Crippen LogP contribution in [0.15, 0.2) is 35.4 Å². The fourth-order valence-corrected chi connectivity index (χ4v) is 3.04. The van der Waals surface area contributed by atoms with Crippen molar-refractivity contribution < 1.29 is 9.32 Å². The lowest BCUT2D eigenvalue weighted by Gasteiger charge is -2.31. The SMILES string of the molecule is CN1CCN(C(=O)c2cn(-c3ccc(-c4nc(C(C)(C)C)no4)cn3)cn2)CC1. The Morgan fingerprint density at radius 1 is 1.10 bits per heavy atom. The quantitative estimate of drug-likeness (QED) is 0.669. The molecule has 0 N–H and O–H groups in total. The zero-order valence-corrected chi connectivity index (χ0v) is 17.2. The summed E-state index contributed by atoms with van der Waals surface area (Å²) in [5.74, 6) is 1.70. The number of imidazole rings is 1. The molecule has 3 aromatic heterocycles. The van der Waals surface area contributed by atoms with Gasteiger partial charge >= 0.3 is 0 Å². The summed E-state index contributed by atoms with van der Waals surface area (Å²) in [5.41, 5.74) is 0.983. The molecule has 9 heteroatoms. The molecule has 29 heavy (non-hydrogen) atoms. The van der Waals surface area contributed by atoms with E-state index in [0.29, 0.717) is 23.2 Å². The number of carbonyl (C=O) groups is 1. The molecular formula is C20H25N7O2. The van der Waals surface area contributed by atoms with Crippen LogP contribution in [-0.4, -0.2) is 73.6 Å². The van der Waals surface area contributed by atoms with Gasteiger partial charge in [0.1, 0.15) is 17.8 Å². The Labute approximate surface area is 169 Å². The number of hydrogen-bond donors (Lipinski definition) is 0. The molecule has 0 aromatic carbocycles. The second-order valence-corrected chi connectivity index (χ2v) is 8.34. The third-order valence-corrected chi connectivity index (χ3v) is 4.95. The highest BCUT2D eigenvalue weighted by Gasteiger charge is 2.23. The van der Waals surface area contributed by atoms with Crippen molar-refractivity contribution in [2.24, 2.45) is 0 Å². The summed E-state index contributed by atoms with van der Waals surface area (Å²) in [6, 6.07) is 3.70. The Morgan fingerprint density at radius 3 is 2.48 bits per heavy atom. The van der Waals surface area contributed by atoms with Crippen molar-refractivity contribution in [2.45, 2.75) is 26.2 Å². The second-order valence-electron chi connectivity index (χ2n) is 8.34. The Balaban J connectivity index is 1.49. The van der Waals surface area contributed by atoms with Crippen molar-refractivity contribution in [2.75, 3.05) is 33.2 Å². The maximum atomic E-state index is 12.7. The molecule has 4 heterocycles. The van der Waals surface area contributed by atoms with Crippen molar-refractivity contribution in [3.8, 4) is 17.3 Å². The molecule has 1 aliphatic heterocycles. The number of carbonyl (C=O) groups excluding carboxylic acids is 1. The Kier molecular flexibility index (Phi) is 4.91.